The van der Waals surface area contributed by atoms with E-state index in [1.54, 1.807) is 25.1 Å². The molecule has 1 aliphatic heterocycles. The van der Waals surface area contributed by atoms with Crippen LogP contribution >= 0.6 is 0 Å². The second-order valence-corrected chi connectivity index (χ2v) is 8.90. The van der Waals surface area contributed by atoms with Crippen LogP contribution in [0.3, 0.4) is 0 Å². The molecule has 6 nitrogen and oxygen atoms in total. The van der Waals surface area contributed by atoms with E-state index in [9.17, 15) is 13.6 Å². The molecule has 1 aromatic rings. The standard InChI is InChI=1S/C26H35F2N5O.C2H6/c1-5-6-7-18(17(2)32-16-29-3)14-30-21-8-9-24(23(28)13-21)31-15-20-11-25-19(10-22(20)27)12-26(34)33(25)4;1-2/h5-7,10-11,16,21,23-24,30-31H,8-9,12-15H2,1-4H3;1-2H3/b6-5-,18-7-,29-16?,32-17?;/t21-,23+,24-;/m1./s1. The molecule has 3 atom stereocenters. The molecule has 0 aromatic heterocycles. The van der Waals surface area contributed by atoms with Crippen molar-refractivity contribution in [1.82, 2.24) is 10.6 Å². The van der Waals surface area contributed by atoms with Gasteiger partial charge in [-0.15, -0.1) is 0 Å². The molecule has 2 N–H and O–H groups in total. The van der Waals surface area contributed by atoms with Crippen LogP contribution in [0.4, 0.5) is 14.5 Å². The molecule has 8 heteroatoms. The van der Waals surface area contributed by atoms with Crippen LogP contribution in [-0.2, 0) is 17.8 Å². The predicted octanol–water partition coefficient (Wildman–Crippen LogP) is 4.93. The molecule has 3 rings (SSSR count). The van der Waals surface area contributed by atoms with Gasteiger partial charge in [0.1, 0.15) is 18.3 Å². The number of anilines is 1. The van der Waals surface area contributed by atoms with Crippen molar-refractivity contribution in [1.29, 1.82) is 0 Å². The summed E-state index contributed by atoms with van der Waals surface area (Å²) in [7, 11) is 3.37. The van der Waals surface area contributed by atoms with Gasteiger partial charge < -0.3 is 15.5 Å². The Morgan fingerprint density at radius 3 is 2.67 bits per heavy atom. The molecule has 0 saturated heterocycles. The number of benzene rings is 1. The number of hydrogen-bond donors (Lipinski definition) is 2. The Balaban J connectivity index is 0.00000222. The smallest absolute Gasteiger partial charge is 0.231 e. The van der Waals surface area contributed by atoms with E-state index >= 15 is 0 Å². The first-order valence-electron chi connectivity index (χ1n) is 12.8. The average Bonchev–Trinajstić information content (AvgIpc) is 3.15. The Morgan fingerprint density at radius 1 is 1.25 bits per heavy atom. The summed E-state index contributed by atoms with van der Waals surface area (Å²) < 4.78 is 29.5. The molecule has 0 bridgehead atoms. The highest BCUT2D eigenvalue weighted by Gasteiger charge is 2.31. The Labute approximate surface area is 214 Å². The van der Waals surface area contributed by atoms with Gasteiger partial charge in [0.05, 0.1) is 6.42 Å². The van der Waals surface area contributed by atoms with E-state index < -0.39 is 6.17 Å². The molecule has 1 heterocycles. The lowest BCUT2D eigenvalue weighted by Gasteiger charge is -2.33. The maximum atomic E-state index is 15.0. The minimum absolute atomic E-state index is 0.0437. The zero-order valence-corrected chi connectivity index (χ0v) is 22.4. The Kier molecular flexibility index (Phi) is 12.1. The van der Waals surface area contributed by atoms with Crippen molar-refractivity contribution in [3.8, 4) is 0 Å². The number of fused-ring (bicyclic) bond motifs is 1. The molecular formula is C28H41F2N5O. The van der Waals surface area contributed by atoms with Crippen molar-refractivity contribution in [3.05, 3.63) is 52.9 Å². The quantitative estimate of drug-likeness (QED) is 0.286. The molecule has 198 valence electrons. The number of halogens is 2. The lowest BCUT2D eigenvalue weighted by atomic mass is 9.89. The molecule has 2 aliphatic rings. The van der Waals surface area contributed by atoms with Gasteiger partial charge in [-0.1, -0.05) is 32.1 Å². The van der Waals surface area contributed by atoms with Crippen molar-refractivity contribution >= 4 is 23.6 Å². The SMILES string of the molecule is C/C=C\C=C(\CN[C@@H]1CC[C@@H](NCc2cc3c(cc2F)CC(=O)N3C)[C@@H](F)C1)C(C)=NC=NC.CC. The maximum Gasteiger partial charge on any atom is 0.231 e. The first-order chi connectivity index (χ1) is 17.3. The van der Waals surface area contributed by atoms with Gasteiger partial charge in [-0.3, -0.25) is 9.79 Å². The second-order valence-electron chi connectivity index (χ2n) is 8.90. The number of aliphatic imine (C=N–C) groups is 2. The fraction of sp³-hybridized carbons (Fsp3) is 0.536. The number of carbonyl (C=O) groups excluding carboxylic acids is 1. The number of nitrogens with zero attached hydrogens (tertiary/aromatic N) is 3. The van der Waals surface area contributed by atoms with E-state index in [1.165, 1.54) is 12.4 Å². The summed E-state index contributed by atoms with van der Waals surface area (Å²) in [5.41, 5.74) is 3.79. The number of amides is 1. The third-order valence-electron chi connectivity index (χ3n) is 6.55. The van der Waals surface area contributed by atoms with Crippen LogP contribution in [-0.4, -0.2) is 56.9 Å². The number of hydrogen-bond acceptors (Lipinski definition) is 4. The Hall–Kier alpha value is -2.71. The lowest BCUT2D eigenvalue weighted by Crippen LogP contribution is -2.47. The first kappa shape index (κ1) is 29.5. The monoisotopic (exact) mass is 501 g/mol. The van der Waals surface area contributed by atoms with Crippen LogP contribution in [0.5, 0.6) is 0 Å². The van der Waals surface area contributed by atoms with E-state index in [0.717, 1.165) is 23.4 Å². The Morgan fingerprint density at radius 2 is 2.00 bits per heavy atom. The topological polar surface area (TPSA) is 69.1 Å². The summed E-state index contributed by atoms with van der Waals surface area (Å²) in [4.78, 5) is 21.6. The summed E-state index contributed by atoms with van der Waals surface area (Å²) in [6, 6.07) is 2.87. The molecule has 36 heavy (non-hydrogen) atoms. The zero-order valence-electron chi connectivity index (χ0n) is 22.4. The number of allylic oxidation sites excluding steroid dienone is 3. The zero-order chi connectivity index (χ0) is 26.7. The average molecular weight is 502 g/mol. The van der Waals surface area contributed by atoms with Crippen LogP contribution in [0.2, 0.25) is 0 Å². The van der Waals surface area contributed by atoms with Crippen molar-refractivity contribution in [3.63, 3.8) is 0 Å². The van der Waals surface area contributed by atoms with Crippen molar-refractivity contribution < 1.29 is 13.6 Å². The van der Waals surface area contributed by atoms with E-state index in [2.05, 4.69) is 20.6 Å². The van der Waals surface area contributed by atoms with Crippen LogP contribution in [0.25, 0.3) is 0 Å². The van der Waals surface area contributed by atoms with Crippen molar-refractivity contribution in [2.75, 3.05) is 25.5 Å². The first-order valence-corrected chi connectivity index (χ1v) is 12.8. The molecule has 0 unspecified atom stereocenters. The van der Waals surface area contributed by atoms with Crippen LogP contribution in [0.15, 0.2) is 45.9 Å². The second kappa shape index (κ2) is 14.8. The number of likely N-dealkylation sites (N-methyl/N-ethyl adjacent to an activating group) is 1. The fourth-order valence-electron chi connectivity index (χ4n) is 4.42. The third-order valence-corrected chi connectivity index (χ3v) is 6.55. The van der Waals surface area contributed by atoms with Crippen molar-refractivity contribution in [2.24, 2.45) is 9.98 Å². The largest absolute Gasteiger partial charge is 0.315 e. The fourth-order valence-corrected chi connectivity index (χ4v) is 4.42. The van der Waals surface area contributed by atoms with Crippen LogP contribution in [0.1, 0.15) is 58.1 Å². The molecule has 1 aliphatic carbocycles. The molecule has 0 radical (unpaired) electrons. The highest BCUT2D eigenvalue weighted by Crippen LogP contribution is 2.30. The maximum absolute atomic E-state index is 15.0. The van der Waals surface area contributed by atoms with E-state index in [4.69, 9.17) is 0 Å². The van der Waals surface area contributed by atoms with Crippen molar-refractivity contribution in [2.45, 2.75) is 78.2 Å². The lowest BCUT2D eigenvalue weighted by molar-refractivity contribution is -0.117. The van der Waals surface area contributed by atoms with Gasteiger partial charge in [0, 0.05) is 56.2 Å². The highest BCUT2D eigenvalue weighted by atomic mass is 19.1. The summed E-state index contributed by atoms with van der Waals surface area (Å²) in [6.45, 7) is 8.72. The van der Waals surface area contributed by atoms with Crippen LogP contribution < -0.4 is 15.5 Å². The number of alkyl halides is 1. The third kappa shape index (κ3) is 7.90. The highest BCUT2D eigenvalue weighted by molar-refractivity contribution is 6.02. The van der Waals surface area contributed by atoms with Gasteiger partial charge in [-0.2, -0.15) is 0 Å². The molecule has 1 aromatic carbocycles. The molecule has 0 spiro atoms. The van der Waals surface area contributed by atoms with Gasteiger partial charge in [0.15, 0.2) is 0 Å². The number of rotatable bonds is 9. The van der Waals surface area contributed by atoms with Crippen LogP contribution in [0, 0.1) is 5.82 Å². The normalized spacial score (nSPS) is 22.8. The summed E-state index contributed by atoms with van der Waals surface area (Å²) in [5, 5.41) is 6.67. The van der Waals surface area contributed by atoms with Gasteiger partial charge in [0.2, 0.25) is 5.91 Å². The molecule has 1 saturated carbocycles. The summed E-state index contributed by atoms with van der Waals surface area (Å²) >= 11 is 0. The van der Waals surface area contributed by atoms with E-state index in [0.29, 0.717) is 30.5 Å². The number of carbonyl (C=O) groups is 1. The molecular weight excluding hydrogens is 460 g/mol. The van der Waals surface area contributed by atoms with E-state index in [-0.39, 0.29) is 36.8 Å². The summed E-state index contributed by atoms with van der Waals surface area (Å²) in [5.74, 6) is -0.399. The summed E-state index contributed by atoms with van der Waals surface area (Å²) in [6.07, 6.45) is 8.52. The van der Waals surface area contributed by atoms with Gasteiger partial charge >= 0.3 is 0 Å². The number of nitrogens with one attached hydrogen (secondary N) is 2. The Bertz CT molecular complexity index is 1000. The van der Waals surface area contributed by atoms with Gasteiger partial charge in [-0.25, -0.2) is 13.8 Å². The van der Waals surface area contributed by atoms with Gasteiger partial charge in [0.25, 0.3) is 0 Å². The predicted molar refractivity (Wildman–Crippen MR) is 146 cm³/mol. The molecule has 1 amide bonds. The molecule has 1 fully saturated rings. The minimum Gasteiger partial charge on any atom is -0.315 e. The van der Waals surface area contributed by atoms with Gasteiger partial charge in [-0.05, 0) is 56.4 Å². The van der Waals surface area contributed by atoms with E-state index in [1.807, 2.05) is 45.9 Å². The minimum atomic E-state index is -1.03.